The van der Waals surface area contributed by atoms with Crippen molar-refractivity contribution in [3.63, 3.8) is 0 Å². The third-order valence-corrected chi connectivity index (χ3v) is 1.26. The van der Waals surface area contributed by atoms with Gasteiger partial charge in [0, 0.05) is 19.7 Å². The van der Waals surface area contributed by atoms with Gasteiger partial charge in [0.1, 0.15) is 0 Å². The predicted molar refractivity (Wildman–Crippen MR) is 43.8 cm³/mol. The smallest absolute Gasteiger partial charge is 0.352 e. The molecule has 0 radical (unpaired) electrons. The Hall–Kier alpha value is -0.830. The summed E-state index contributed by atoms with van der Waals surface area (Å²) in [4.78, 5) is 15.9. The molecule has 0 aliphatic heterocycles. The predicted octanol–water partition coefficient (Wildman–Crippen LogP) is 1.36. The number of carbonyl (C=O) groups is 1. The maximum absolute atomic E-state index is 11.1. The van der Waals surface area contributed by atoms with Gasteiger partial charge in [0.05, 0.1) is 0 Å². The maximum atomic E-state index is 11.1. The van der Waals surface area contributed by atoms with Crippen LogP contribution in [0.15, 0.2) is 11.6 Å². The molecule has 3 nitrogen and oxygen atoms in total. The highest BCUT2D eigenvalue weighted by atomic mass is 16.7. The Morgan fingerprint density at radius 1 is 1.55 bits per heavy atom. The quantitative estimate of drug-likeness (QED) is 0.457. The van der Waals surface area contributed by atoms with Gasteiger partial charge in [0.2, 0.25) is 0 Å². The number of carbonyl (C=O) groups excluding carboxylic acids is 1. The molecule has 3 heteroatoms. The molecule has 0 aromatic carbocycles. The van der Waals surface area contributed by atoms with Gasteiger partial charge in [0.25, 0.3) is 0 Å². The standard InChI is InChI=1S/C8H15NO2/c1-5-7(6-2)8(10)11-9(3)4/h5H,6H2,1-4H3. The molecule has 0 amide bonds. The van der Waals surface area contributed by atoms with Crippen molar-refractivity contribution in [3.8, 4) is 0 Å². The zero-order valence-corrected chi connectivity index (χ0v) is 7.55. The summed E-state index contributed by atoms with van der Waals surface area (Å²) in [6.45, 7) is 3.75. The summed E-state index contributed by atoms with van der Waals surface area (Å²) in [6, 6.07) is 0. The van der Waals surface area contributed by atoms with Gasteiger partial charge in [-0.25, -0.2) is 4.79 Å². The zero-order valence-electron chi connectivity index (χ0n) is 7.55. The molecular weight excluding hydrogens is 142 g/mol. The van der Waals surface area contributed by atoms with Crippen LogP contribution in [0.1, 0.15) is 20.3 Å². The first-order chi connectivity index (χ1) is 5.11. The van der Waals surface area contributed by atoms with Gasteiger partial charge in [-0.2, -0.15) is 0 Å². The lowest BCUT2D eigenvalue weighted by Crippen LogP contribution is -2.19. The molecule has 0 aromatic heterocycles. The van der Waals surface area contributed by atoms with Crippen LogP contribution in [0.4, 0.5) is 0 Å². The second-order valence-corrected chi connectivity index (χ2v) is 2.36. The SMILES string of the molecule is CC=C(CC)C(=O)ON(C)C. The number of nitrogens with zero attached hydrogens (tertiary/aromatic N) is 1. The summed E-state index contributed by atoms with van der Waals surface area (Å²) in [5, 5.41) is 1.39. The van der Waals surface area contributed by atoms with Crippen molar-refractivity contribution in [1.29, 1.82) is 0 Å². The minimum Gasteiger partial charge on any atom is -0.365 e. The van der Waals surface area contributed by atoms with Crippen LogP contribution in [0.5, 0.6) is 0 Å². The van der Waals surface area contributed by atoms with Crippen molar-refractivity contribution in [2.45, 2.75) is 20.3 Å². The number of hydrogen-bond donors (Lipinski definition) is 0. The molecule has 0 aliphatic carbocycles. The summed E-state index contributed by atoms with van der Waals surface area (Å²) in [5.41, 5.74) is 0.707. The second kappa shape index (κ2) is 4.91. The Bertz CT molecular complexity index is 161. The van der Waals surface area contributed by atoms with E-state index in [1.54, 1.807) is 20.2 Å². The first kappa shape index (κ1) is 10.2. The van der Waals surface area contributed by atoms with E-state index >= 15 is 0 Å². The lowest BCUT2D eigenvalue weighted by Gasteiger charge is -2.10. The largest absolute Gasteiger partial charge is 0.365 e. The summed E-state index contributed by atoms with van der Waals surface area (Å²) in [6.07, 6.45) is 2.48. The Labute approximate surface area is 67.6 Å². The first-order valence-corrected chi connectivity index (χ1v) is 3.66. The molecule has 0 heterocycles. The van der Waals surface area contributed by atoms with E-state index in [1.807, 2.05) is 13.8 Å². The normalized spacial score (nSPS) is 11.9. The van der Waals surface area contributed by atoms with Crippen LogP contribution in [-0.2, 0) is 9.63 Å². The van der Waals surface area contributed by atoms with Crippen molar-refractivity contribution in [2.24, 2.45) is 0 Å². The molecular formula is C8H15NO2. The minimum absolute atomic E-state index is 0.264. The highest BCUT2D eigenvalue weighted by Crippen LogP contribution is 2.02. The van der Waals surface area contributed by atoms with Gasteiger partial charge < -0.3 is 4.84 Å². The monoisotopic (exact) mass is 157 g/mol. The van der Waals surface area contributed by atoms with Gasteiger partial charge in [0.15, 0.2) is 0 Å². The molecule has 0 unspecified atom stereocenters. The first-order valence-electron chi connectivity index (χ1n) is 3.66. The summed E-state index contributed by atoms with van der Waals surface area (Å²) >= 11 is 0. The van der Waals surface area contributed by atoms with Crippen LogP contribution in [0.3, 0.4) is 0 Å². The van der Waals surface area contributed by atoms with Crippen LogP contribution >= 0.6 is 0 Å². The molecule has 0 rings (SSSR count). The minimum atomic E-state index is -0.264. The Kier molecular flexibility index (Phi) is 4.54. The maximum Gasteiger partial charge on any atom is 0.352 e. The molecule has 0 N–H and O–H groups in total. The fraction of sp³-hybridized carbons (Fsp3) is 0.625. The van der Waals surface area contributed by atoms with Crippen LogP contribution < -0.4 is 0 Å². The van der Waals surface area contributed by atoms with E-state index in [-0.39, 0.29) is 5.97 Å². The molecule has 0 fully saturated rings. The van der Waals surface area contributed by atoms with E-state index in [4.69, 9.17) is 4.84 Å². The zero-order chi connectivity index (χ0) is 8.85. The molecule has 0 atom stereocenters. The summed E-state index contributed by atoms with van der Waals surface area (Å²) < 4.78 is 0. The van der Waals surface area contributed by atoms with Crippen molar-refractivity contribution in [1.82, 2.24) is 5.06 Å². The average molecular weight is 157 g/mol. The summed E-state index contributed by atoms with van der Waals surface area (Å²) in [5.74, 6) is -0.264. The van der Waals surface area contributed by atoms with Crippen LogP contribution in [0.2, 0.25) is 0 Å². The lowest BCUT2D eigenvalue weighted by molar-refractivity contribution is -0.173. The van der Waals surface area contributed by atoms with Gasteiger partial charge in [-0.05, 0) is 13.3 Å². The van der Waals surface area contributed by atoms with Crippen molar-refractivity contribution >= 4 is 5.97 Å². The molecule has 0 saturated carbocycles. The average Bonchev–Trinajstić information content (AvgIpc) is 1.88. The third-order valence-electron chi connectivity index (χ3n) is 1.26. The fourth-order valence-corrected chi connectivity index (χ4v) is 0.691. The van der Waals surface area contributed by atoms with Gasteiger partial charge in [-0.15, -0.1) is 5.06 Å². The van der Waals surface area contributed by atoms with Gasteiger partial charge >= 0.3 is 5.97 Å². The second-order valence-electron chi connectivity index (χ2n) is 2.36. The number of hydroxylamine groups is 2. The Morgan fingerprint density at radius 3 is 2.36 bits per heavy atom. The molecule has 0 aliphatic rings. The number of hydrogen-bond acceptors (Lipinski definition) is 3. The Morgan fingerprint density at radius 2 is 2.09 bits per heavy atom. The van der Waals surface area contributed by atoms with Crippen LogP contribution in [0, 0.1) is 0 Å². The van der Waals surface area contributed by atoms with Crippen molar-refractivity contribution < 1.29 is 9.63 Å². The van der Waals surface area contributed by atoms with Crippen LogP contribution in [0.25, 0.3) is 0 Å². The highest BCUT2D eigenvalue weighted by molar-refractivity contribution is 5.87. The Balaban J connectivity index is 4.02. The summed E-state index contributed by atoms with van der Waals surface area (Å²) in [7, 11) is 3.36. The van der Waals surface area contributed by atoms with E-state index in [9.17, 15) is 4.79 Å². The van der Waals surface area contributed by atoms with E-state index in [0.717, 1.165) is 0 Å². The van der Waals surface area contributed by atoms with E-state index in [1.165, 1.54) is 5.06 Å². The molecule has 11 heavy (non-hydrogen) atoms. The van der Waals surface area contributed by atoms with Crippen LogP contribution in [-0.4, -0.2) is 25.1 Å². The third kappa shape index (κ3) is 3.78. The van der Waals surface area contributed by atoms with E-state index < -0.39 is 0 Å². The van der Waals surface area contributed by atoms with Gasteiger partial charge in [-0.1, -0.05) is 13.0 Å². The lowest BCUT2D eigenvalue weighted by atomic mass is 10.2. The van der Waals surface area contributed by atoms with Crippen molar-refractivity contribution in [2.75, 3.05) is 14.1 Å². The number of rotatable bonds is 3. The van der Waals surface area contributed by atoms with E-state index in [2.05, 4.69) is 0 Å². The highest BCUT2D eigenvalue weighted by Gasteiger charge is 2.08. The fourth-order valence-electron chi connectivity index (χ4n) is 0.691. The van der Waals surface area contributed by atoms with Gasteiger partial charge in [-0.3, -0.25) is 0 Å². The molecule has 64 valence electrons. The molecule has 0 bridgehead atoms. The molecule has 0 aromatic rings. The molecule has 0 saturated heterocycles. The van der Waals surface area contributed by atoms with Crippen molar-refractivity contribution in [3.05, 3.63) is 11.6 Å². The topological polar surface area (TPSA) is 29.5 Å². The number of allylic oxidation sites excluding steroid dienone is 1. The van der Waals surface area contributed by atoms with E-state index in [0.29, 0.717) is 12.0 Å². The molecule has 0 spiro atoms.